The van der Waals surface area contributed by atoms with Crippen molar-refractivity contribution in [2.75, 3.05) is 0 Å². The van der Waals surface area contributed by atoms with Gasteiger partial charge in [-0.3, -0.25) is 4.79 Å². The summed E-state index contributed by atoms with van der Waals surface area (Å²) in [5.41, 5.74) is -2.28. The summed E-state index contributed by atoms with van der Waals surface area (Å²) in [6.07, 6.45) is 0.784. The molecule has 0 atom stereocenters. The smallest absolute Gasteiger partial charge is 0.341 e. The third kappa shape index (κ3) is 2.46. The highest BCUT2D eigenvalue weighted by Gasteiger charge is 2.65. The molecule has 0 amide bonds. The first-order chi connectivity index (χ1) is 8.79. The van der Waals surface area contributed by atoms with Crippen LogP contribution in [0.1, 0.15) is 10.4 Å². The lowest BCUT2D eigenvalue weighted by molar-refractivity contribution is 0.0695. The Labute approximate surface area is 107 Å². The van der Waals surface area contributed by atoms with Crippen LogP contribution in [0.3, 0.4) is 0 Å². The minimum absolute atomic E-state index is 0.0395. The van der Waals surface area contributed by atoms with E-state index in [-0.39, 0.29) is 17.6 Å². The Morgan fingerprint density at radius 3 is 2.25 bits per heavy atom. The number of pyridine rings is 1. The van der Waals surface area contributed by atoms with Crippen LogP contribution in [-0.2, 0) is 0 Å². The predicted molar refractivity (Wildman–Crippen MR) is 62.9 cm³/mol. The molecule has 0 saturated carbocycles. The largest absolute Gasteiger partial charge is 0.477 e. The van der Waals surface area contributed by atoms with E-state index in [2.05, 4.69) is 4.98 Å². The van der Waals surface area contributed by atoms with Crippen LogP contribution in [0.4, 0.5) is 19.4 Å². The van der Waals surface area contributed by atoms with Crippen molar-refractivity contribution in [3.05, 3.63) is 40.2 Å². The molecular weight excluding hydrogens is 309 g/mol. The van der Waals surface area contributed by atoms with E-state index in [1.807, 2.05) is 0 Å². The Balaban J connectivity index is 2.88. The van der Waals surface area contributed by atoms with Gasteiger partial charge in [-0.15, -0.1) is 0 Å². The molecule has 110 valence electrons. The number of halogens is 5. The molecule has 0 aliphatic heterocycles. The zero-order valence-electron chi connectivity index (χ0n) is 9.37. The zero-order chi connectivity index (χ0) is 15.4. The second-order valence-electron chi connectivity index (χ2n) is 4.01. The van der Waals surface area contributed by atoms with Crippen LogP contribution >= 0.6 is 10.2 Å². The monoisotopic (exact) mass is 315 g/mol. The summed E-state index contributed by atoms with van der Waals surface area (Å²) in [5, 5.41) is 7.90. The number of carbonyl (C=O) groups is 1. The molecule has 0 bridgehead atoms. The molecule has 0 fully saturated rings. The predicted octanol–water partition coefficient (Wildman–Crippen LogP) is 3.88. The summed E-state index contributed by atoms with van der Waals surface area (Å²) in [4.78, 5) is 22.4. The minimum atomic E-state index is -9.93. The second kappa shape index (κ2) is 3.32. The SMILES string of the molecule is O=C(O)c1c[nH]c2ccc(S(F)(F)(F)(F)F)cc2c1=O. The summed E-state index contributed by atoms with van der Waals surface area (Å²) in [6.45, 7) is 0. The Bertz CT molecular complexity index is 796. The number of aromatic carboxylic acids is 1. The van der Waals surface area contributed by atoms with Crippen molar-refractivity contribution in [2.45, 2.75) is 4.90 Å². The molecule has 0 spiro atoms. The maximum absolute atomic E-state index is 12.6. The number of carboxylic acid groups (broad SMARTS) is 1. The molecule has 0 saturated heterocycles. The number of hydrogen-bond acceptors (Lipinski definition) is 2. The van der Waals surface area contributed by atoms with Crippen LogP contribution in [0.5, 0.6) is 0 Å². The van der Waals surface area contributed by atoms with Gasteiger partial charge in [0.1, 0.15) is 10.5 Å². The Kier molecular flexibility index (Phi) is 2.37. The van der Waals surface area contributed by atoms with Crippen molar-refractivity contribution in [3.8, 4) is 0 Å². The molecule has 2 aromatic rings. The van der Waals surface area contributed by atoms with Gasteiger partial charge in [0.05, 0.1) is 0 Å². The number of aromatic nitrogens is 1. The molecule has 1 aromatic heterocycles. The quantitative estimate of drug-likeness (QED) is 0.826. The summed E-state index contributed by atoms with van der Waals surface area (Å²) in [7, 11) is -9.93. The van der Waals surface area contributed by atoms with Crippen molar-refractivity contribution in [3.63, 3.8) is 0 Å². The number of carboxylic acids is 1. The molecule has 0 unspecified atom stereocenters. The normalized spacial score (nSPS) is 15.7. The van der Waals surface area contributed by atoms with Crippen LogP contribution in [0.25, 0.3) is 10.9 Å². The Hall–Kier alpha value is -2.10. The van der Waals surface area contributed by atoms with Gasteiger partial charge in [0.25, 0.3) is 0 Å². The lowest BCUT2D eigenvalue weighted by atomic mass is 10.1. The summed E-state index contributed by atoms with van der Waals surface area (Å²) in [6, 6.07) is 0.748. The molecule has 2 N–H and O–H groups in total. The maximum atomic E-state index is 12.6. The molecule has 0 aliphatic rings. The maximum Gasteiger partial charge on any atom is 0.341 e. The van der Waals surface area contributed by atoms with Crippen molar-refractivity contribution in [1.82, 2.24) is 4.98 Å². The van der Waals surface area contributed by atoms with Gasteiger partial charge in [0.15, 0.2) is 0 Å². The number of H-pyrrole nitrogens is 1. The molecule has 20 heavy (non-hydrogen) atoms. The van der Waals surface area contributed by atoms with Gasteiger partial charge >= 0.3 is 16.2 Å². The minimum Gasteiger partial charge on any atom is -0.477 e. The molecule has 0 aliphatic carbocycles. The number of aromatic amines is 1. The third-order valence-electron chi connectivity index (χ3n) is 2.53. The highest BCUT2D eigenvalue weighted by molar-refractivity contribution is 8.45. The van der Waals surface area contributed by atoms with Crippen LogP contribution in [0.15, 0.2) is 34.1 Å². The average Bonchev–Trinajstić information content (AvgIpc) is 2.25. The second-order valence-corrected chi connectivity index (χ2v) is 6.42. The number of rotatable bonds is 2. The fraction of sp³-hybridized carbons (Fsp3) is 0. The van der Waals surface area contributed by atoms with Crippen LogP contribution in [0.2, 0.25) is 0 Å². The average molecular weight is 315 g/mol. The van der Waals surface area contributed by atoms with Crippen molar-refractivity contribution in [2.24, 2.45) is 0 Å². The lowest BCUT2D eigenvalue weighted by Gasteiger charge is -2.40. The van der Waals surface area contributed by atoms with E-state index in [1.54, 1.807) is 0 Å². The molecule has 10 heteroatoms. The van der Waals surface area contributed by atoms with Gasteiger partial charge in [-0.25, -0.2) is 4.79 Å². The molecule has 4 nitrogen and oxygen atoms in total. The topological polar surface area (TPSA) is 70.2 Å². The van der Waals surface area contributed by atoms with E-state index >= 15 is 0 Å². The van der Waals surface area contributed by atoms with Gasteiger partial charge in [-0.1, -0.05) is 19.4 Å². The van der Waals surface area contributed by atoms with E-state index in [0.29, 0.717) is 6.07 Å². The number of nitrogens with one attached hydrogen (secondary N) is 1. The highest BCUT2D eigenvalue weighted by Crippen LogP contribution is 3.02. The molecule has 1 heterocycles. The van der Waals surface area contributed by atoms with Crippen molar-refractivity contribution in [1.29, 1.82) is 0 Å². The van der Waals surface area contributed by atoms with Crippen LogP contribution in [-0.4, -0.2) is 16.1 Å². The standard InChI is InChI=1S/C10H6F5NO3S/c11-20(12,13,14,15)5-1-2-8-6(3-5)9(17)7(4-16-8)10(18)19/h1-4H,(H,16,17)(H,18,19). The molecule has 0 radical (unpaired) electrons. The van der Waals surface area contributed by atoms with Gasteiger partial charge in [0, 0.05) is 17.1 Å². The number of hydrogen-bond donors (Lipinski definition) is 2. The van der Waals surface area contributed by atoms with Gasteiger partial charge in [-0.05, 0) is 18.2 Å². The van der Waals surface area contributed by atoms with E-state index in [9.17, 15) is 29.0 Å². The van der Waals surface area contributed by atoms with Crippen LogP contribution in [0, 0.1) is 0 Å². The zero-order valence-corrected chi connectivity index (χ0v) is 10.2. The summed E-state index contributed by atoms with van der Waals surface area (Å²) in [5.74, 6) is -1.68. The summed E-state index contributed by atoms with van der Waals surface area (Å²) >= 11 is 0. The molecular formula is C10H6F5NO3S. The van der Waals surface area contributed by atoms with E-state index in [0.717, 1.165) is 6.20 Å². The summed E-state index contributed by atoms with van der Waals surface area (Å²) < 4.78 is 63.2. The first kappa shape index (κ1) is 14.3. The van der Waals surface area contributed by atoms with Gasteiger partial charge < -0.3 is 10.1 Å². The van der Waals surface area contributed by atoms with E-state index < -0.39 is 37.5 Å². The van der Waals surface area contributed by atoms with Gasteiger partial charge in [0.2, 0.25) is 5.43 Å². The fourth-order valence-electron chi connectivity index (χ4n) is 1.60. The highest BCUT2D eigenvalue weighted by atomic mass is 32.5. The van der Waals surface area contributed by atoms with E-state index in [1.165, 1.54) is 0 Å². The van der Waals surface area contributed by atoms with Crippen molar-refractivity contribution >= 4 is 27.1 Å². The van der Waals surface area contributed by atoms with Crippen LogP contribution < -0.4 is 5.43 Å². The fourth-order valence-corrected chi connectivity index (χ4v) is 2.26. The molecule has 1 aromatic carbocycles. The number of fused-ring (bicyclic) bond motifs is 1. The Morgan fingerprint density at radius 1 is 1.15 bits per heavy atom. The first-order valence-electron chi connectivity index (χ1n) is 4.92. The van der Waals surface area contributed by atoms with Crippen molar-refractivity contribution < 1.29 is 29.3 Å². The lowest BCUT2D eigenvalue weighted by Crippen LogP contribution is -2.16. The Morgan fingerprint density at radius 2 is 1.75 bits per heavy atom. The first-order valence-corrected chi connectivity index (χ1v) is 6.87. The molecule has 2 rings (SSSR count). The third-order valence-corrected chi connectivity index (χ3v) is 3.67. The van der Waals surface area contributed by atoms with E-state index in [4.69, 9.17) is 5.11 Å². The number of benzene rings is 1. The van der Waals surface area contributed by atoms with Gasteiger partial charge in [-0.2, -0.15) is 0 Å².